The Labute approximate surface area is 133 Å². The van der Waals surface area contributed by atoms with Gasteiger partial charge in [0.25, 0.3) is 0 Å². The molecular weight excluding hydrogens is 251 g/mol. The van der Waals surface area contributed by atoms with Crippen LogP contribution in [-0.2, 0) is 11.1 Å². The van der Waals surface area contributed by atoms with Gasteiger partial charge in [0, 0.05) is 0 Å². The maximum atomic E-state index is 11.6. The average molecular weight is 276 g/mol. The van der Waals surface area contributed by atoms with Crippen molar-refractivity contribution in [1.82, 2.24) is 0 Å². The van der Waals surface area contributed by atoms with E-state index in [0.29, 0.717) is 10.8 Å². The maximum Gasteiger partial charge on any atom is 1.00 e. The van der Waals surface area contributed by atoms with Gasteiger partial charge in [0.2, 0.25) is 0 Å². The van der Waals surface area contributed by atoms with Crippen LogP contribution in [0.15, 0.2) is 17.0 Å². The molecule has 104 valence electrons. The van der Waals surface area contributed by atoms with Gasteiger partial charge in [0.15, 0.2) is 11.1 Å². The summed E-state index contributed by atoms with van der Waals surface area (Å²) >= 11 is -1.91. The summed E-state index contributed by atoms with van der Waals surface area (Å²) in [6, 6.07) is 4.18. The number of hydrogen-bond acceptors (Lipinski definition) is 1. The van der Waals surface area contributed by atoms with Crippen molar-refractivity contribution in [3.05, 3.63) is 28.8 Å². The number of benzene rings is 1. The van der Waals surface area contributed by atoms with Crippen LogP contribution in [0.2, 0.25) is 0 Å². The van der Waals surface area contributed by atoms with Gasteiger partial charge >= 0.3 is 18.9 Å². The summed E-state index contributed by atoms with van der Waals surface area (Å²) in [6.07, 6.45) is 0. The SMILES string of the molecule is CC(C)c1cc(C(C)C)c(S(=O)O)c(C(C)C)c1.[H-].[Li+]. The van der Waals surface area contributed by atoms with Crippen molar-refractivity contribution in [3.8, 4) is 0 Å². The van der Waals surface area contributed by atoms with Crippen LogP contribution >= 0.6 is 0 Å². The second-order valence-corrected chi connectivity index (χ2v) is 6.65. The van der Waals surface area contributed by atoms with Crippen molar-refractivity contribution >= 4 is 11.1 Å². The molecule has 0 saturated heterocycles. The minimum atomic E-state index is -1.91. The summed E-state index contributed by atoms with van der Waals surface area (Å²) < 4.78 is 21.2. The van der Waals surface area contributed by atoms with E-state index in [2.05, 4.69) is 53.7 Å². The average Bonchev–Trinajstić information content (AvgIpc) is 2.26. The molecular formula is C15H25LiO2S. The van der Waals surface area contributed by atoms with Gasteiger partial charge in [-0.25, -0.2) is 4.21 Å². The molecule has 0 saturated carbocycles. The minimum absolute atomic E-state index is 0. The van der Waals surface area contributed by atoms with Crippen LogP contribution in [-0.4, -0.2) is 8.76 Å². The molecule has 2 nitrogen and oxygen atoms in total. The van der Waals surface area contributed by atoms with Gasteiger partial charge in [-0.15, -0.1) is 0 Å². The Kier molecular flexibility index (Phi) is 7.61. The summed E-state index contributed by atoms with van der Waals surface area (Å²) in [5.74, 6) is 0.945. The van der Waals surface area contributed by atoms with E-state index in [-0.39, 0.29) is 32.1 Å². The smallest absolute Gasteiger partial charge is 1.00 e. The number of hydrogen-bond donors (Lipinski definition) is 1. The summed E-state index contributed by atoms with van der Waals surface area (Å²) in [6.45, 7) is 12.6. The second kappa shape index (κ2) is 7.64. The predicted octanol–water partition coefficient (Wildman–Crippen LogP) is 1.75. The van der Waals surface area contributed by atoms with Gasteiger partial charge in [0.05, 0.1) is 4.90 Å². The summed E-state index contributed by atoms with van der Waals surface area (Å²) in [4.78, 5) is 0.615. The first kappa shape index (κ1) is 18.9. The van der Waals surface area contributed by atoms with Gasteiger partial charge in [-0.1, -0.05) is 53.7 Å². The van der Waals surface area contributed by atoms with Crippen LogP contribution in [0.25, 0.3) is 0 Å². The molecule has 1 rings (SSSR count). The molecule has 0 bridgehead atoms. The van der Waals surface area contributed by atoms with Crippen molar-refractivity contribution in [3.63, 3.8) is 0 Å². The fourth-order valence-electron chi connectivity index (χ4n) is 2.09. The van der Waals surface area contributed by atoms with E-state index in [4.69, 9.17) is 0 Å². The standard InChI is InChI=1S/C15H24O2S.Li.H/c1-9(2)12-7-13(10(3)4)15(18(16)17)14(8-12)11(5)6;;/h7-11H,1-6H3,(H,16,17);;/q;+1;-1. The van der Waals surface area contributed by atoms with Gasteiger partial charge in [0.1, 0.15) is 0 Å². The van der Waals surface area contributed by atoms with Crippen LogP contribution in [0.1, 0.15) is 77.4 Å². The Balaban J connectivity index is 0. The van der Waals surface area contributed by atoms with Crippen LogP contribution in [0.3, 0.4) is 0 Å². The summed E-state index contributed by atoms with van der Waals surface area (Å²) in [5, 5.41) is 0. The first-order valence-corrected chi connectivity index (χ1v) is 7.64. The molecule has 0 aliphatic rings. The van der Waals surface area contributed by atoms with Gasteiger partial charge < -0.3 is 5.98 Å². The molecule has 0 fully saturated rings. The molecule has 1 N–H and O–H groups in total. The predicted molar refractivity (Wildman–Crippen MR) is 78.9 cm³/mol. The van der Waals surface area contributed by atoms with E-state index in [1.165, 1.54) is 5.56 Å². The Morgan fingerprint density at radius 2 is 1.32 bits per heavy atom. The van der Waals surface area contributed by atoms with E-state index in [1.54, 1.807) is 0 Å². The summed E-state index contributed by atoms with van der Waals surface area (Å²) in [5.41, 5.74) is 3.26. The first-order valence-electron chi connectivity index (χ1n) is 6.54. The van der Waals surface area contributed by atoms with Gasteiger partial charge in [-0.3, -0.25) is 0 Å². The van der Waals surface area contributed by atoms with Crippen LogP contribution in [0.4, 0.5) is 0 Å². The molecule has 1 aromatic carbocycles. The van der Waals surface area contributed by atoms with E-state index >= 15 is 0 Å². The van der Waals surface area contributed by atoms with E-state index in [1.807, 2.05) is 0 Å². The zero-order valence-electron chi connectivity index (χ0n) is 14.2. The van der Waals surface area contributed by atoms with Gasteiger partial charge in [-0.05, 0) is 34.4 Å². The topological polar surface area (TPSA) is 37.3 Å². The van der Waals surface area contributed by atoms with Gasteiger partial charge in [-0.2, -0.15) is 0 Å². The Bertz CT molecular complexity index is 430. The zero-order chi connectivity index (χ0) is 14.0. The molecule has 1 aromatic rings. The fourth-order valence-corrected chi connectivity index (χ4v) is 3.08. The van der Waals surface area contributed by atoms with Crippen LogP contribution in [0.5, 0.6) is 0 Å². The van der Waals surface area contributed by atoms with E-state index < -0.39 is 11.1 Å². The maximum absolute atomic E-state index is 11.6. The second-order valence-electron chi connectivity index (χ2n) is 5.74. The van der Waals surface area contributed by atoms with E-state index in [0.717, 1.165) is 11.1 Å². The molecule has 0 aliphatic carbocycles. The van der Waals surface area contributed by atoms with Crippen LogP contribution < -0.4 is 18.9 Å². The monoisotopic (exact) mass is 276 g/mol. The third-order valence-electron chi connectivity index (χ3n) is 3.25. The molecule has 19 heavy (non-hydrogen) atoms. The Morgan fingerprint density at radius 3 is 1.53 bits per heavy atom. The normalized spacial score (nSPS) is 12.9. The fraction of sp³-hybridized carbons (Fsp3) is 0.600. The van der Waals surface area contributed by atoms with Crippen molar-refractivity contribution in [1.29, 1.82) is 0 Å². The molecule has 4 heteroatoms. The van der Waals surface area contributed by atoms with Crippen molar-refractivity contribution < 1.29 is 29.0 Å². The van der Waals surface area contributed by atoms with Crippen molar-refractivity contribution in [2.24, 2.45) is 0 Å². The Morgan fingerprint density at radius 1 is 0.947 bits per heavy atom. The van der Waals surface area contributed by atoms with Crippen molar-refractivity contribution in [2.45, 2.75) is 64.2 Å². The molecule has 0 heterocycles. The molecule has 1 atom stereocenters. The number of rotatable bonds is 4. The van der Waals surface area contributed by atoms with Crippen LogP contribution in [0, 0.1) is 0 Å². The third kappa shape index (κ3) is 4.46. The first-order chi connectivity index (χ1) is 8.25. The molecule has 0 spiro atoms. The molecule has 0 aliphatic heterocycles. The molecule has 0 radical (unpaired) electrons. The molecule has 1 unspecified atom stereocenters. The third-order valence-corrected chi connectivity index (χ3v) is 4.07. The molecule has 0 amide bonds. The largest absolute Gasteiger partial charge is 1.00 e. The quantitative estimate of drug-likeness (QED) is 0.672. The molecule has 0 aromatic heterocycles. The zero-order valence-corrected chi connectivity index (χ0v) is 14.0. The minimum Gasteiger partial charge on any atom is -1.00 e. The summed E-state index contributed by atoms with van der Waals surface area (Å²) in [7, 11) is 0. The van der Waals surface area contributed by atoms with E-state index in [9.17, 15) is 8.76 Å². The Hall–Kier alpha value is -0.0726. The van der Waals surface area contributed by atoms with Crippen molar-refractivity contribution in [2.75, 3.05) is 0 Å².